The van der Waals surface area contributed by atoms with Crippen molar-refractivity contribution in [2.24, 2.45) is 0 Å². The highest BCUT2D eigenvalue weighted by Crippen LogP contribution is 2.37. The molecule has 2 aliphatic carbocycles. The maximum Gasteiger partial charge on any atom is 0.0690 e. The van der Waals surface area contributed by atoms with Crippen LogP contribution in [0.1, 0.15) is 51.4 Å². The minimum Gasteiger partial charge on any atom is -0.378 e. The lowest BCUT2D eigenvalue weighted by Gasteiger charge is -2.40. The molecule has 0 radical (unpaired) electrons. The molecule has 2 rings (SSSR count). The minimum atomic E-state index is 0.256. The van der Waals surface area contributed by atoms with E-state index in [1.807, 2.05) is 7.11 Å². The van der Waals surface area contributed by atoms with Crippen LogP contribution in [0.3, 0.4) is 0 Å². The summed E-state index contributed by atoms with van der Waals surface area (Å²) in [5, 5.41) is 3.66. The van der Waals surface area contributed by atoms with E-state index in [9.17, 15) is 0 Å². The second-order valence-electron chi connectivity index (χ2n) is 4.93. The van der Waals surface area contributed by atoms with E-state index in [0.717, 1.165) is 12.6 Å². The van der Waals surface area contributed by atoms with Gasteiger partial charge in [0, 0.05) is 13.2 Å². The molecular weight excluding hydrogens is 174 g/mol. The van der Waals surface area contributed by atoms with Gasteiger partial charge in [-0.05, 0) is 45.1 Å². The van der Waals surface area contributed by atoms with Gasteiger partial charge in [0.1, 0.15) is 0 Å². The van der Waals surface area contributed by atoms with E-state index in [1.165, 1.54) is 51.4 Å². The van der Waals surface area contributed by atoms with E-state index < -0.39 is 0 Å². The van der Waals surface area contributed by atoms with Crippen molar-refractivity contribution in [1.29, 1.82) is 0 Å². The lowest BCUT2D eigenvalue weighted by molar-refractivity contribution is -0.0770. The maximum absolute atomic E-state index is 5.60. The lowest BCUT2D eigenvalue weighted by atomic mass is 9.77. The molecule has 0 aromatic carbocycles. The van der Waals surface area contributed by atoms with Crippen molar-refractivity contribution in [2.45, 2.75) is 63.0 Å². The normalized spacial score (nSPS) is 26.4. The first-order valence-corrected chi connectivity index (χ1v) is 6.13. The SMILES string of the molecule is COC1(CCNC2CCCC2)CCC1. The van der Waals surface area contributed by atoms with Gasteiger partial charge in [-0.2, -0.15) is 0 Å². The van der Waals surface area contributed by atoms with E-state index >= 15 is 0 Å². The van der Waals surface area contributed by atoms with Crippen LogP contribution in [-0.4, -0.2) is 25.3 Å². The summed E-state index contributed by atoms with van der Waals surface area (Å²) in [6, 6.07) is 0.809. The zero-order valence-electron chi connectivity index (χ0n) is 9.35. The van der Waals surface area contributed by atoms with E-state index in [2.05, 4.69) is 5.32 Å². The molecule has 14 heavy (non-hydrogen) atoms. The van der Waals surface area contributed by atoms with Gasteiger partial charge in [-0.25, -0.2) is 0 Å². The summed E-state index contributed by atoms with van der Waals surface area (Å²) in [5.74, 6) is 0. The standard InChI is InChI=1S/C12H23NO/c1-14-12(7-4-8-12)9-10-13-11-5-2-3-6-11/h11,13H,2-10H2,1H3. The number of methoxy groups -OCH3 is 1. The summed E-state index contributed by atoms with van der Waals surface area (Å²) in [5.41, 5.74) is 0.256. The fourth-order valence-electron chi connectivity index (χ4n) is 2.76. The Hall–Kier alpha value is -0.0800. The van der Waals surface area contributed by atoms with Crippen LogP contribution in [0.2, 0.25) is 0 Å². The molecule has 0 aliphatic heterocycles. The van der Waals surface area contributed by atoms with Crippen LogP contribution in [0.15, 0.2) is 0 Å². The molecule has 0 aromatic rings. The molecule has 0 spiro atoms. The highest BCUT2D eigenvalue weighted by Gasteiger charge is 2.36. The summed E-state index contributed by atoms with van der Waals surface area (Å²) < 4.78 is 5.60. The Morgan fingerprint density at radius 1 is 1.21 bits per heavy atom. The zero-order chi connectivity index (χ0) is 9.86. The molecule has 0 heterocycles. The molecule has 0 amide bonds. The first-order valence-electron chi connectivity index (χ1n) is 6.13. The molecule has 2 nitrogen and oxygen atoms in total. The lowest BCUT2D eigenvalue weighted by Crippen LogP contribution is -2.42. The van der Waals surface area contributed by atoms with Gasteiger partial charge in [0.2, 0.25) is 0 Å². The van der Waals surface area contributed by atoms with Crippen LogP contribution in [-0.2, 0) is 4.74 Å². The summed E-state index contributed by atoms with van der Waals surface area (Å²) in [4.78, 5) is 0. The Morgan fingerprint density at radius 2 is 1.93 bits per heavy atom. The van der Waals surface area contributed by atoms with Crippen LogP contribution in [0, 0.1) is 0 Å². The molecule has 0 saturated heterocycles. The van der Waals surface area contributed by atoms with Gasteiger partial charge in [-0.15, -0.1) is 0 Å². The number of ether oxygens (including phenoxy) is 1. The Bertz CT molecular complexity index is 166. The molecular formula is C12H23NO. The van der Waals surface area contributed by atoms with Gasteiger partial charge in [0.05, 0.1) is 5.60 Å². The highest BCUT2D eigenvalue weighted by atomic mass is 16.5. The van der Waals surface area contributed by atoms with Gasteiger partial charge < -0.3 is 10.1 Å². The molecule has 82 valence electrons. The third kappa shape index (κ3) is 2.29. The first-order chi connectivity index (χ1) is 6.85. The number of nitrogens with one attached hydrogen (secondary N) is 1. The Labute approximate surface area is 87.4 Å². The van der Waals surface area contributed by atoms with E-state index in [1.54, 1.807) is 0 Å². The van der Waals surface area contributed by atoms with Crippen molar-refractivity contribution in [1.82, 2.24) is 5.32 Å². The molecule has 2 fully saturated rings. The summed E-state index contributed by atoms with van der Waals surface area (Å²) >= 11 is 0. The Balaban J connectivity index is 1.61. The number of hydrogen-bond donors (Lipinski definition) is 1. The number of hydrogen-bond acceptors (Lipinski definition) is 2. The average Bonchev–Trinajstić information content (AvgIpc) is 2.62. The minimum absolute atomic E-state index is 0.256. The third-order valence-electron chi connectivity index (χ3n) is 4.07. The predicted octanol–water partition coefficient (Wildman–Crippen LogP) is 2.48. The molecule has 2 saturated carbocycles. The fourth-order valence-corrected chi connectivity index (χ4v) is 2.76. The van der Waals surface area contributed by atoms with Crippen molar-refractivity contribution in [3.05, 3.63) is 0 Å². The Kier molecular flexibility index (Phi) is 3.45. The van der Waals surface area contributed by atoms with Crippen molar-refractivity contribution in [2.75, 3.05) is 13.7 Å². The van der Waals surface area contributed by atoms with Crippen molar-refractivity contribution in [3.8, 4) is 0 Å². The van der Waals surface area contributed by atoms with Crippen molar-refractivity contribution >= 4 is 0 Å². The van der Waals surface area contributed by atoms with Crippen LogP contribution < -0.4 is 5.32 Å². The molecule has 0 atom stereocenters. The molecule has 2 aliphatic rings. The van der Waals surface area contributed by atoms with Gasteiger partial charge in [-0.1, -0.05) is 12.8 Å². The number of rotatable bonds is 5. The summed E-state index contributed by atoms with van der Waals surface area (Å²) in [6.45, 7) is 1.15. The average molecular weight is 197 g/mol. The van der Waals surface area contributed by atoms with E-state index in [4.69, 9.17) is 4.74 Å². The topological polar surface area (TPSA) is 21.3 Å². The largest absolute Gasteiger partial charge is 0.378 e. The summed E-state index contributed by atoms with van der Waals surface area (Å²) in [6.07, 6.45) is 10.7. The van der Waals surface area contributed by atoms with Crippen molar-refractivity contribution < 1.29 is 4.74 Å². The van der Waals surface area contributed by atoms with Crippen LogP contribution >= 0.6 is 0 Å². The zero-order valence-corrected chi connectivity index (χ0v) is 9.35. The van der Waals surface area contributed by atoms with E-state index in [-0.39, 0.29) is 5.60 Å². The highest BCUT2D eigenvalue weighted by molar-refractivity contribution is 4.90. The fraction of sp³-hybridized carbons (Fsp3) is 1.00. The van der Waals surface area contributed by atoms with Crippen LogP contribution in [0.25, 0.3) is 0 Å². The van der Waals surface area contributed by atoms with Crippen LogP contribution in [0.4, 0.5) is 0 Å². The molecule has 0 bridgehead atoms. The van der Waals surface area contributed by atoms with Gasteiger partial charge >= 0.3 is 0 Å². The van der Waals surface area contributed by atoms with Crippen LogP contribution in [0.5, 0.6) is 0 Å². The second-order valence-corrected chi connectivity index (χ2v) is 4.93. The van der Waals surface area contributed by atoms with Crippen molar-refractivity contribution in [3.63, 3.8) is 0 Å². The first kappa shape index (κ1) is 10.4. The third-order valence-corrected chi connectivity index (χ3v) is 4.07. The van der Waals surface area contributed by atoms with Gasteiger partial charge in [-0.3, -0.25) is 0 Å². The second kappa shape index (κ2) is 4.63. The Morgan fingerprint density at radius 3 is 2.43 bits per heavy atom. The summed E-state index contributed by atoms with van der Waals surface area (Å²) in [7, 11) is 1.87. The maximum atomic E-state index is 5.60. The molecule has 2 heteroatoms. The van der Waals surface area contributed by atoms with Gasteiger partial charge in [0.25, 0.3) is 0 Å². The monoisotopic (exact) mass is 197 g/mol. The molecule has 0 aromatic heterocycles. The molecule has 0 unspecified atom stereocenters. The smallest absolute Gasteiger partial charge is 0.0690 e. The van der Waals surface area contributed by atoms with Gasteiger partial charge in [0.15, 0.2) is 0 Å². The molecule has 1 N–H and O–H groups in total. The quantitative estimate of drug-likeness (QED) is 0.731. The predicted molar refractivity (Wildman–Crippen MR) is 58.5 cm³/mol. The van der Waals surface area contributed by atoms with E-state index in [0.29, 0.717) is 0 Å².